The maximum Gasteiger partial charge on any atom is 0.304 e. The van der Waals surface area contributed by atoms with E-state index in [4.69, 9.17) is 5.11 Å². The van der Waals surface area contributed by atoms with Crippen molar-refractivity contribution >= 4 is 5.97 Å². The smallest absolute Gasteiger partial charge is 0.304 e. The minimum absolute atomic E-state index is 0. The molecule has 1 heterocycles. The van der Waals surface area contributed by atoms with Crippen molar-refractivity contribution in [3.05, 3.63) is 17.5 Å². The van der Waals surface area contributed by atoms with Crippen LogP contribution in [0.25, 0.3) is 0 Å². The summed E-state index contributed by atoms with van der Waals surface area (Å²) in [6.07, 6.45) is 2.64. The number of hydrogen-bond acceptors (Lipinski definition) is 2. The fourth-order valence-corrected chi connectivity index (χ4v) is 0.805. The summed E-state index contributed by atoms with van der Waals surface area (Å²) in [5.41, 5.74) is 1.51. The number of aryl methyl sites for hydroxylation is 1. The van der Waals surface area contributed by atoms with Crippen molar-refractivity contribution in [1.29, 1.82) is 0 Å². The van der Waals surface area contributed by atoms with Crippen LogP contribution in [-0.4, -0.2) is 20.9 Å². The summed E-state index contributed by atoms with van der Waals surface area (Å²) >= 11 is 0. The fourth-order valence-electron chi connectivity index (χ4n) is 0.805. The topological polar surface area (TPSA) is 55.1 Å². The SMILES string of the molecule is Cc1c(CC(=O)O)[c-]nn1C.[Y]. The second kappa shape index (κ2) is 4.72. The van der Waals surface area contributed by atoms with Gasteiger partial charge >= 0.3 is 5.97 Å². The fraction of sp³-hybridized carbons (Fsp3) is 0.429. The molecule has 1 aromatic rings. The summed E-state index contributed by atoms with van der Waals surface area (Å²) in [5, 5.41) is 12.2. The van der Waals surface area contributed by atoms with Crippen LogP contribution in [0.2, 0.25) is 0 Å². The predicted molar refractivity (Wildman–Crippen MR) is 38.1 cm³/mol. The van der Waals surface area contributed by atoms with Crippen LogP contribution in [0.1, 0.15) is 11.3 Å². The van der Waals surface area contributed by atoms with Crippen molar-refractivity contribution in [2.75, 3.05) is 0 Å². The monoisotopic (exact) mass is 242 g/mol. The molecule has 1 N–H and O–H groups in total. The second-order valence-electron chi connectivity index (χ2n) is 2.37. The summed E-state index contributed by atoms with van der Waals surface area (Å²) in [6.45, 7) is 1.82. The molecule has 0 aliphatic carbocycles. The average Bonchev–Trinajstić information content (AvgIpc) is 2.18. The first-order valence-corrected chi connectivity index (χ1v) is 3.23. The first-order valence-electron chi connectivity index (χ1n) is 3.23. The molecule has 4 nitrogen and oxygen atoms in total. The molecule has 0 unspecified atom stereocenters. The number of nitrogens with zero attached hydrogens (tertiary/aromatic N) is 2. The van der Waals surface area contributed by atoms with Gasteiger partial charge in [-0.2, -0.15) is 5.56 Å². The number of carboxylic acids is 1. The maximum atomic E-state index is 10.3. The molecule has 0 atom stereocenters. The molecule has 1 radical (unpaired) electrons. The van der Waals surface area contributed by atoms with Crippen molar-refractivity contribution in [3.8, 4) is 0 Å². The van der Waals surface area contributed by atoms with Gasteiger partial charge in [0.25, 0.3) is 0 Å². The molecule has 1 aromatic heterocycles. The quantitative estimate of drug-likeness (QED) is 0.751. The number of carbonyl (C=O) groups is 1. The second-order valence-corrected chi connectivity index (χ2v) is 2.37. The molecule has 0 aromatic carbocycles. The Balaban J connectivity index is 0.00000121. The van der Waals surface area contributed by atoms with Crippen LogP contribution in [0.3, 0.4) is 0 Å². The normalized spacial score (nSPS) is 9.17. The Hall–Kier alpha value is -0.216. The minimum atomic E-state index is -0.850. The Labute approximate surface area is 95.8 Å². The third kappa shape index (κ3) is 2.68. The van der Waals surface area contributed by atoms with Crippen molar-refractivity contribution in [2.24, 2.45) is 7.05 Å². The Morgan fingerprint density at radius 1 is 1.75 bits per heavy atom. The zero-order chi connectivity index (χ0) is 8.43. The van der Waals surface area contributed by atoms with Crippen molar-refractivity contribution < 1.29 is 42.6 Å². The Morgan fingerprint density at radius 3 is 2.67 bits per heavy atom. The van der Waals surface area contributed by atoms with Crippen molar-refractivity contribution in [3.63, 3.8) is 0 Å². The van der Waals surface area contributed by atoms with Crippen LogP contribution in [-0.2, 0) is 51.0 Å². The van der Waals surface area contributed by atoms with E-state index in [9.17, 15) is 4.79 Å². The van der Waals surface area contributed by atoms with Gasteiger partial charge in [-0.15, -0.1) is 11.9 Å². The van der Waals surface area contributed by atoms with Crippen LogP contribution in [0.5, 0.6) is 0 Å². The Kier molecular flexibility index (Phi) is 4.64. The molecular weight excluding hydrogens is 233 g/mol. The number of carboxylic acid groups (broad SMARTS) is 1. The summed E-state index contributed by atoms with van der Waals surface area (Å²) in [7, 11) is 1.76. The zero-order valence-corrected chi connectivity index (χ0v) is 9.87. The molecule has 0 fully saturated rings. The molecule has 0 spiro atoms. The van der Waals surface area contributed by atoms with E-state index in [0.29, 0.717) is 5.56 Å². The van der Waals surface area contributed by atoms with Crippen LogP contribution >= 0.6 is 0 Å². The zero-order valence-electron chi connectivity index (χ0n) is 7.03. The van der Waals surface area contributed by atoms with Gasteiger partial charge in [0.05, 0.1) is 0 Å². The van der Waals surface area contributed by atoms with E-state index >= 15 is 0 Å². The van der Waals surface area contributed by atoms with Gasteiger partial charge in [-0.25, -0.2) is 0 Å². The average molecular weight is 242 g/mol. The molecule has 0 saturated carbocycles. The van der Waals surface area contributed by atoms with Crippen LogP contribution in [0, 0.1) is 13.1 Å². The van der Waals surface area contributed by atoms with Crippen LogP contribution in [0.4, 0.5) is 0 Å². The number of aliphatic carboxylic acids is 1. The summed E-state index contributed by atoms with van der Waals surface area (Å²) < 4.78 is 1.61. The van der Waals surface area contributed by atoms with Gasteiger partial charge in [-0.05, 0) is 0 Å². The summed E-state index contributed by atoms with van der Waals surface area (Å²) in [5.74, 6) is -0.850. The van der Waals surface area contributed by atoms with E-state index in [1.165, 1.54) is 0 Å². The van der Waals surface area contributed by atoms with Gasteiger partial charge in [0.1, 0.15) is 0 Å². The van der Waals surface area contributed by atoms with Gasteiger partial charge in [-0.1, -0.05) is 6.92 Å². The number of aromatic nitrogens is 2. The first kappa shape index (κ1) is 11.8. The summed E-state index contributed by atoms with van der Waals surface area (Å²) in [4.78, 5) is 10.3. The van der Waals surface area contributed by atoms with Gasteiger partial charge in [-0.3, -0.25) is 4.79 Å². The summed E-state index contributed by atoms with van der Waals surface area (Å²) in [6, 6.07) is 0. The predicted octanol–water partition coefficient (Wildman–Crippen LogP) is 0.153. The van der Waals surface area contributed by atoms with E-state index < -0.39 is 5.97 Å². The third-order valence-corrected chi connectivity index (χ3v) is 1.59. The molecule has 0 amide bonds. The largest absolute Gasteiger partial charge is 0.481 e. The van der Waals surface area contributed by atoms with Gasteiger partial charge in [0.2, 0.25) is 0 Å². The van der Waals surface area contributed by atoms with E-state index in [1.807, 2.05) is 6.92 Å². The van der Waals surface area contributed by atoms with E-state index in [1.54, 1.807) is 11.7 Å². The van der Waals surface area contributed by atoms with Crippen molar-refractivity contribution in [2.45, 2.75) is 13.3 Å². The standard InChI is InChI=1S/C7H9N2O2.Y/c1-5-6(3-7(10)11)4-8-9(5)2;/h3H2,1-2H3,(H,10,11);/q-1;. The minimum Gasteiger partial charge on any atom is -0.481 e. The molecule has 1 rings (SSSR count). The van der Waals surface area contributed by atoms with Gasteiger partial charge in [0.15, 0.2) is 0 Å². The van der Waals surface area contributed by atoms with Gasteiger partial charge < -0.3 is 14.9 Å². The molecule has 5 heteroatoms. The molecule has 0 saturated heterocycles. The molecule has 0 bridgehead atoms. The van der Waals surface area contributed by atoms with E-state index in [2.05, 4.69) is 11.3 Å². The third-order valence-electron chi connectivity index (χ3n) is 1.59. The van der Waals surface area contributed by atoms with Gasteiger partial charge in [0, 0.05) is 46.2 Å². The molecule has 12 heavy (non-hydrogen) atoms. The van der Waals surface area contributed by atoms with E-state index in [-0.39, 0.29) is 39.1 Å². The molecule has 0 aliphatic rings. The van der Waals surface area contributed by atoms with Crippen LogP contribution < -0.4 is 0 Å². The Bertz CT molecular complexity index is 283. The number of rotatable bonds is 2. The Morgan fingerprint density at radius 2 is 2.33 bits per heavy atom. The number of hydrogen-bond donors (Lipinski definition) is 1. The molecule has 0 aliphatic heterocycles. The molecular formula is C7H9N2O2Y-. The maximum absolute atomic E-state index is 10.3. The van der Waals surface area contributed by atoms with Crippen molar-refractivity contribution in [1.82, 2.24) is 9.78 Å². The van der Waals surface area contributed by atoms with Crippen LogP contribution in [0.15, 0.2) is 0 Å². The first-order chi connectivity index (χ1) is 5.11. The van der Waals surface area contributed by atoms with E-state index in [0.717, 1.165) is 5.69 Å². The molecule has 63 valence electrons.